The summed E-state index contributed by atoms with van der Waals surface area (Å²) in [6, 6.07) is 0. The third-order valence-corrected chi connectivity index (χ3v) is 6.35. The Bertz CT molecular complexity index is 651. The molecule has 9 heteroatoms. The number of amides is 1. The largest absolute Gasteiger partial charge is 0.368 e. The van der Waals surface area contributed by atoms with E-state index in [0.717, 1.165) is 0 Å². The lowest BCUT2D eigenvalue weighted by atomic mass is 9.93. The molecule has 1 rings (SSSR count). The molecule has 1 atom stereocenters. The molecule has 0 aliphatic heterocycles. The normalized spacial score (nSPS) is 14.5. The second-order valence-electron chi connectivity index (χ2n) is 6.02. The van der Waals surface area contributed by atoms with Crippen LogP contribution in [-0.2, 0) is 25.8 Å². The number of rotatable bonds is 11. The van der Waals surface area contributed by atoms with Crippen LogP contribution in [-0.4, -0.2) is 46.6 Å². The highest BCUT2D eigenvalue weighted by Gasteiger charge is 2.45. The van der Waals surface area contributed by atoms with Crippen molar-refractivity contribution in [3.63, 3.8) is 0 Å². The molecule has 24 heavy (non-hydrogen) atoms. The van der Waals surface area contributed by atoms with E-state index in [-0.39, 0.29) is 6.42 Å². The van der Waals surface area contributed by atoms with E-state index in [1.54, 1.807) is 0 Å². The molecule has 5 N–H and O–H groups in total. The zero-order chi connectivity index (χ0) is 18.4. The summed E-state index contributed by atoms with van der Waals surface area (Å²) < 4.78 is 25.4. The fourth-order valence-electron chi connectivity index (χ4n) is 2.58. The Labute approximate surface area is 142 Å². The molecule has 0 bridgehead atoms. The Morgan fingerprint density at radius 3 is 2.29 bits per heavy atom. The number of Topliss-reactive ketones (excluding diaryl/α,β-unsaturated/α-hetero) is 1. The first kappa shape index (κ1) is 20.3. The first-order chi connectivity index (χ1) is 11.2. The topological polar surface area (TPSA) is 149 Å². The van der Waals surface area contributed by atoms with E-state index < -0.39 is 38.1 Å². The maximum Gasteiger partial charge on any atom is 0.246 e. The molecule has 0 fully saturated rings. The van der Waals surface area contributed by atoms with E-state index in [9.17, 15) is 18.0 Å². The molecule has 0 aliphatic carbocycles. The molecule has 136 valence electrons. The van der Waals surface area contributed by atoms with Gasteiger partial charge in [-0.15, -0.1) is 0 Å². The van der Waals surface area contributed by atoms with Crippen LogP contribution in [0.25, 0.3) is 0 Å². The van der Waals surface area contributed by atoms with Gasteiger partial charge in [-0.1, -0.05) is 26.7 Å². The number of sulfone groups is 1. The number of nitrogens with two attached hydrogens (primary N) is 2. The molecule has 1 aromatic heterocycles. The molecule has 1 amide bonds. The zero-order valence-electron chi connectivity index (χ0n) is 14.1. The Morgan fingerprint density at radius 1 is 1.29 bits per heavy atom. The molecule has 1 aromatic rings. The minimum atomic E-state index is -3.75. The van der Waals surface area contributed by atoms with E-state index >= 15 is 0 Å². The maximum absolute atomic E-state index is 12.7. The van der Waals surface area contributed by atoms with Gasteiger partial charge in [0, 0.05) is 11.9 Å². The third-order valence-electron chi connectivity index (χ3n) is 4.00. The molecule has 0 saturated heterocycles. The number of hydrogen-bond acceptors (Lipinski definition) is 6. The molecule has 0 radical (unpaired) electrons. The number of imidazole rings is 1. The van der Waals surface area contributed by atoms with Gasteiger partial charge in [0.05, 0.1) is 23.8 Å². The number of primary amides is 1. The number of H-pyrrole nitrogens is 1. The smallest absolute Gasteiger partial charge is 0.246 e. The van der Waals surface area contributed by atoms with Crippen molar-refractivity contribution in [2.75, 3.05) is 5.75 Å². The van der Waals surface area contributed by atoms with Gasteiger partial charge in [0.25, 0.3) is 0 Å². The second-order valence-corrected chi connectivity index (χ2v) is 8.30. The van der Waals surface area contributed by atoms with E-state index in [1.807, 2.05) is 13.8 Å². The quantitative estimate of drug-likeness (QED) is 0.477. The molecular weight excluding hydrogens is 332 g/mol. The first-order valence-corrected chi connectivity index (χ1v) is 9.69. The Morgan fingerprint density at radius 2 is 1.88 bits per heavy atom. The van der Waals surface area contributed by atoms with Gasteiger partial charge >= 0.3 is 0 Å². The Kier molecular flexibility index (Phi) is 7.09. The Balaban J connectivity index is 3.05. The van der Waals surface area contributed by atoms with Crippen molar-refractivity contribution in [2.45, 2.75) is 56.7 Å². The molecule has 1 unspecified atom stereocenters. The van der Waals surface area contributed by atoms with Gasteiger partial charge in [0.2, 0.25) is 5.91 Å². The van der Waals surface area contributed by atoms with Crippen LogP contribution in [0.4, 0.5) is 0 Å². The number of hydrogen-bond donors (Lipinski definition) is 3. The molecule has 1 heterocycles. The maximum atomic E-state index is 12.7. The highest BCUT2D eigenvalue weighted by Crippen LogP contribution is 2.20. The van der Waals surface area contributed by atoms with Crippen molar-refractivity contribution in [3.05, 3.63) is 18.2 Å². The number of aromatic nitrogens is 2. The highest BCUT2D eigenvalue weighted by molar-refractivity contribution is 7.92. The van der Waals surface area contributed by atoms with Gasteiger partial charge in [-0.2, -0.15) is 0 Å². The molecule has 0 spiro atoms. The standard InChI is InChI=1S/C15H26N4O4S/c1-3-5-12(6-4-2)24(22,23)9-15(17,14(16)21)13(20)7-11-8-18-10-19-11/h8,10,12H,3-7,9,17H2,1-2H3,(H2,16,21)(H,18,19). The van der Waals surface area contributed by atoms with Gasteiger partial charge in [-0.05, 0) is 12.8 Å². The van der Waals surface area contributed by atoms with Crippen LogP contribution >= 0.6 is 0 Å². The van der Waals surface area contributed by atoms with Crippen LogP contribution in [0.2, 0.25) is 0 Å². The van der Waals surface area contributed by atoms with Crippen LogP contribution in [0.5, 0.6) is 0 Å². The van der Waals surface area contributed by atoms with Gasteiger partial charge in [0.1, 0.15) is 0 Å². The minimum Gasteiger partial charge on any atom is -0.368 e. The fraction of sp³-hybridized carbons (Fsp3) is 0.667. The minimum absolute atomic E-state index is 0.235. The van der Waals surface area contributed by atoms with Gasteiger partial charge in [-0.25, -0.2) is 13.4 Å². The molecule has 0 aliphatic rings. The van der Waals surface area contributed by atoms with Gasteiger partial charge in [-0.3, -0.25) is 9.59 Å². The van der Waals surface area contributed by atoms with Crippen molar-refractivity contribution in [1.82, 2.24) is 9.97 Å². The summed E-state index contributed by atoms with van der Waals surface area (Å²) in [7, 11) is -3.75. The van der Waals surface area contributed by atoms with Crippen LogP contribution in [0.3, 0.4) is 0 Å². The van der Waals surface area contributed by atoms with Crippen molar-refractivity contribution < 1.29 is 18.0 Å². The molecular formula is C15H26N4O4S. The highest BCUT2D eigenvalue weighted by atomic mass is 32.2. The molecule has 0 saturated carbocycles. The second kappa shape index (κ2) is 8.39. The number of nitrogens with one attached hydrogen (secondary N) is 1. The summed E-state index contributed by atoms with van der Waals surface area (Å²) in [5, 5.41) is -0.630. The number of aromatic amines is 1. The van der Waals surface area contributed by atoms with Crippen molar-refractivity contribution in [2.24, 2.45) is 11.5 Å². The number of nitrogens with zero attached hydrogens (tertiary/aromatic N) is 1. The lowest BCUT2D eigenvalue weighted by Crippen LogP contribution is -2.63. The van der Waals surface area contributed by atoms with E-state index in [1.165, 1.54) is 12.5 Å². The summed E-state index contributed by atoms with van der Waals surface area (Å²) in [4.78, 5) is 30.7. The van der Waals surface area contributed by atoms with E-state index in [0.29, 0.717) is 31.4 Å². The van der Waals surface area contributed by atoms with Crippen molar-refractivity contribution >= 4 is 21.5 Å². The number of carbonyl (C=O) groups excluding carboxylic acids is 2. The first-order valence-electron chi connectivity index (χ1n) is 7.98. The Hall–Kier alpha value is -1.74. The summed E-state index contributed by atoms with van der Waals surface area (Å²) in [5.41, 5.74) is 9.35. The third kappa shape index (κ3) is 4.88. The number of carbonyl (C=O) groups is 2. The summed E-state index contributed by atoms with van der Waals surface area (Å²) in [5.74, 6) is -2.65. The summed E-state index contributed by atoms with van der Waals surface area (Å²) >= 11 is 0. The molecule has 0 aromatic carbocycles. The predicted octanol–water partition coefficient (Wildman–Crippen LogP) is 0.0877. The average Bonchev–Trinajstić information content (AvgIpc) is 2.99. The summed E-state index contributed by atoms with van der Waals surface area (Å²) in [6.07, 6.45) is 4.83. The SMILES string of the molecule is CCCC(CCC)S(=O)(=O)CC(N)(C(N)=O)C(=O)Cc1cnc[nH]1. The average molecular weight is 358 g/mol. The predicted molar refractivity (Wildman–Crippen MR) is 90.8 cm³/mol. The lowest BCUT2D eigenvalue weighted by Gasteiger charge is -2.27. The van der Waals surface area contributed by atoms with E-state index in [4.69, 9.17) is 11.5 Å². The monoisotopic (exact) mass is 358 g/mol. The van der Waals surface area contributed by atoms with Crippen LogP contribution < -0.4 is 11.5 Å². The van der Waals surface area contributed by atoms with Crippen LogP contribution in [0.1, 0.15) is 45.2 Å². The number of ketones is 1. The zero-order valence-corrected chi connectivity index (χ0v) is 14.9. The fourth-order valence-corrected chi connectivity index (χ4v) is 4.95. The van der Waals surface area contributed by atoms with Crippen molar-refractivity contribution in [3.8, 4) is 0 Å². The lowest BCUT2D eigenvalue weighted by molar-refractivity contribution is -0.132. The van der Waals surface area contributed by atoms with Crippen LogP contribution in [0, 0.1) is 0 Å². The van der Waals surface area contributed by atoms with Crippen LogP contribution in [0.15, 0.2) is 12.5 Å². The van der Waals surface area contributed by atoms with Crippen molar-refractivity contribution in [1.29, 1.82) is 0 Å². The van der Waals surface area contributed by atoms with Gasteiger partial charge in [0.15, 0.2) is 21.2 Å². The molecule has 8 nitrogen and oxygen atoms in total. The summed E-state index contributed by atoms with van der Waals surface area (Å²) in [6.45, 7) is 3.76. The van der Waals surface area contributed by atoms with E-state index in [2.05, 4.69) is 9.97 Å². The van der Waals surface area contributed by atoms with Gasteiger partial charge < -0.3 is 16.5 Å².